The fourth-order valence-corrected chi connectivity index (χ4v) is 3.50. The smallest absolute Gasteiger partial charge is 0.353 e. The quantitative estimate of drug-likeness (QED) is 0.688. The van der Waals surface area contributed by atoms with Crippen LogP contribution in [-0.2, 0) is 0 Å². The average molecular weight is 447 g/mol. The largest absolute Gasteiger partial charge is 0.491 e. The lowest BCUT2D eigenvalue weighted by molar-refractivity contribution is 0.201. The lowest BCUT2D eigenvalue weighted by Gasteiger charge is -2.35. The van der Waals surface area contributed by atoms with Gasteiger partial charge in [-0.15, -0.1) is 0 Å². The molecule has 0 aliphatic carbocycles. The summed E-state index contributed by atoms with van der Waals surface area (Å²) < 4.78 is 46.7. The standard InChI is InChI=1S/C21H20F3N5O3/c1-11-3-4-13(32-6-5-30)9-16(11)26-19-27-21(31)28(2)20-25-10-17(29(19)20)12-7-14(22)18(24)15(23)8-12/h3-4,7-9,17,30H,5-6,10H2,1-2H3,(H,26,27,31). The summed E-state index contributed by atoms with van der Waals surface area (Å²) >= 11 is 0. The van der Waals surface area contributed by atoms with E-state index in [-0.39, 0.29) is 37.2 Å². The molecule has 168 valence electrons. The number of fused-ring (bicyclic) bond motifs is 1. The number of carbonyl (C=O) groups is 1. The van der Waals surface area contributed by atoms with Crippen LogP contribution in [0, 0.1) is 24.4 Å². The maximum atomic E-state index is 13.9. The number of ether oxygens (including phenoxy) is 1. The van der Waals surface area contributed by atoms with Crippen molar-refractivity contribution >= 4 is 23.6 Å². The summed E-state index contributed by atoms with van der Waals surface area (Å²) in [6, 6.07) is 5.71. The second-order valence-electron chi connectivity index (χ2n) is 7.28. The number of nitrogens with one attached hydrogen (secondary N) is 1. The number of guanidine groups is 2. The van der Waals surface area contributed by atoms with Crippen molar-refractivity contribution in [3.05, 3.63) is 58.9 Å². The minimum Gasteiger partial charge on any atom is -0.491 e. The van der Waals surface area contributed by atoms with Crippen molar-refractivity contribution in [2.24, 2.45) is 9.98 Å². The van der Waals surface area contributed by atoms with Gasteiger partial charge in [-0.1, -0.05) is 6.07 Å². The van der Waals surface area contributed by atoms with Gasteiger partial charge in [0.2, 0.25) is 11.9 Å². The third kappa shape index (κ3) is 3.86. The summed E-state index contributed by atoms with van der Waals surface area (Å²) in [7, 11) is 1.48. The molecular weight excluding hydrogens is 427 g/mol. The molecule has 2 aliphatic heterocycles. The molecule has 2 N–H and O–H groups in total. The first-order valence-electron chi connectivity index (χ1n) is 9.76. The van der Waals surface area contributed by atoms with Crippen molar-refractivity contribution in [2.75, 3.05) is 32.1 Å². The number of hydrogen-bond acceptors (Lipinski definition) is 6. The van der Waals surface area contributed by atoms with E-state index in [0.717, 1.165) is 17.7 Å². The van der Waals surface area contributed by atoms with Gasteiger partial charge in [-0.05, 0) is 36.2 Å². The summed E-state index contributed by atoms with van der Waals surface area (Å²) in [6.07, 6.45) is 0. The number of aliphatic hydroxyl groups is 1. The van der Waals surface area contributed by atoms with Gasteiger partial charge < -0.3 is 15.2 Å². The lowest BCUT2D eigenvalue weighted by Crippen LogP contribution is -2.53. The Morgan fingerprint density at radius 2 is 1.94 bits per heavy atom. The van der Waals surface area contributed by atoms with Crippen LogP contribution in [0.1, 0.15) is 17.2 Å². The van der Waals surface area contributed by atoms with Crippen LogP contribution in [0.5, 0.6) is 5.75 Å². The Labute approximate surface area is 181 Å². The van der Waals surface area contributed by atoms with Gasteiger partial charge in [0.1, 0.15) is 12.4 Å². The Hall–Kier alpha value is -3.60. The van der Waals surface area contributed by atoms with Crippen molar-refractivity contribution in [3.63, 3.8) is 0 Å². The Kier molecular flexibility index (Phi) is 5.74. The van der Waals surface area contributed by atoms with Gasteiger partial charge in [0.25, 0.3) is 0 Å². The summed E-state index contributed by atoms with van der Waals surface area (Å²) in [5.41, 5.74) is 1.52. The van der Waals surface area contributed by atoms with Crippen LogP contribution in [0.25, 0.3) is 0 Å². The first kappa shape index (κ1) is 21.6. The first-order valence-corrected chi connectivity index (χ1v) is 9.76. The zero-order valence-corrected chi connectivity index (χ0v) is 17.3. The highest BCUT2D eigenvalue weighted by Gasteiger charge is 2.41. The summed E-state index contributed by atoms with van der Waals surface area (Å²) in [6.45, 7) is 1.87. The zero-order chi connectivity index (χ0) is 23.0. The topological polar surface area (TPSA) is 89.8 Å². The molecule has 1 atom stereocenters. The molecule has 0 fully saturated rings. The predicted molar refractivity (Wildman–Crippen MR) is 111 cm³/mol. The van der Waals surface area contributed by atoms with Crippen LogP contribution in [0.2, 0.25) is 0 Å². The molecular formula is C21H20F3N5O3. The first-order chi connectivity index (χ1) is 15.3. The van der Waals surface area contributed by atoms with E-state index in [0.29, 0.717) is 11.4 Å². The summed E-state index contributed by atoms with van der Waals surface area (Å²) in [5, 5.41) is 12.0. The number of aliphatic hydroxyl groups excluding tert-OH is 1. The molecule has 11 heteroatoms. The minimum atomic E-state index is -1.55. The van der Waals surface area contributed by atoms with Gasteiger partial charge >= 0.3 is 6.03 Å². The predicted octanol–water partition coefficient (Wildman–Crippen LogP) is 3.03. The molecule has 0 aromatic heterocycles. The maximum absolute atomic E-state index is 13.9. The van der Waals surface area contributed by atoms with Crippen LogP contribution in [0.15, 0.2) is 40.3 Å². The van der Waals surface area contributed by atoms with Gasteiger partial charge in [0.15, 0.2) is 17.5 Å². The second kappa shape index (κ2) is 8.50. The molecule has 2 aromatic rings. The number of benzene rings is 2. The molecule has 0 saturated carbocycles. The van der Waals surface area contributed by atoms with E-state index in [2.05, 4.69) is 15.3 Å². The molecule has 0 saturated heterocycles. The molecule has 32 heavy (non-hydrogen) atoms. The molecule has 2 amide bonds. The lowest BCUT2D eigenvalue weighted by atomic mass is 10.1. The molecule has 1 unspecified atom stereocenters. The number of hydrogen-bond donors (Lipinski definition) is 2. The van der Waals surface area contributed by atoms with E-state index in [1.807, 2.05) is 6.92 Å². The fraction of sp³-hybridized carbons (Fsp3) is 0.286. The van der Waals surface area contributed by atoms with Crippen molar-refractivity contribution in [3.8, 4) is 5.75 Å². The summed E-state index contributed by atoms with van der Waals surface area (Å²) in [4.78, 5) is 23.6. The number of nitrogens with zero attached hydrogens (tertiary/aromatic N) is 4. The Morgan fingerprint density at radius 3 is 2.62 bits per heavy atom. The molecule has 0 radical (unpaired) electrons. The molecule has 2 aromatic carbocycles. The van der Waals surface area contributed by atoms with Crippen LogP contribution >= 0.6 is 0 Å². The Balaban J connectivity index is 1.71. The number of carbonyl (C=O) groups excluding carboxylic acids is 1. The Morgan fingerprint density at radius 1 is 1.22 bits per heavy atom. The van der Waals surface area contributed by atoms with E-state index in [4.69, 9.17) is 9.84 Å². The number of halogens is 3. The third-order valence-corrected chi connectivity index (χ3v) is 5.16. The van der Waals surface area contributed by atoms with Crippen LogP contribution < -0.4 is 10.1 Å². The maximum Gasteiger partial charge on any atom is 0.353 e. The fourth-order valence-electron chi connectivity index (χ4n) is 3.50. The number of urea groups is 1. The van der Waals surface area contributed by atoms with E-state index >= 15 is 0 Å². The minimum absolute atomic E-state index is 0.0802. The third-order valence-electron chi connectivity index (χ3n) is 5.16. The number of aryl methyl sites for hydroxylation is 1. The Bertz CT molecular complexity index is 1110. The number of amides is 2. The monoisotopic (exact) mass is 447 g/mol. The SMILES string of the molecule is Cc1ccc(OCCO)cc1NC1=NC(=O)N(C)C2=NCC(c3cc(F)c(F)c(F)c3)N12. The molecule has 2 aliphatic rings. The molecule has 4 rings (SSSR count). The van der Waals surface area contributed by atoms with Crippen molar-refractivity contribution in [1.29, 1.82) is 0 Å². The van der Waals surface area contributed by atoms with Crippen molar-refractivity contribution < 1.29 is 27.8 Å². The molecule has 8 nitrogen and oxygen atoms in total. The van der Waals surface area contributed by atoms with Crippen molar-refractivity contribution in [1.82, 2.24) is 9.80 Å². The van der Waals surface area contributed by atoms with E-state index in [1.165, 1.54) is 16.8 Å². The van der Waals surface area contributed by atoms with Crippen molar-refractivity contribution in [2.45, 2.75) is 13.0 Å². The van der Waals surface area contributed by atoms with E-state index in [1.54, 1.807) is 18.2 Å². The number of rotatable bonds is 5. The normalized spacial score (nSPS) is 17.8. The second-order valence-corrected chi connectivity index (χ2v) is 7.28. The highest BCUT2D eigenvalue weighted by Crippen LogP contribution is 2.33. The van der Waals surface area contributed by atoms with Gasteiger partial charge in [-0.25, -0.2) is 23.0 Å². The van der Waals surface area contributed by atoms with Gasteiger partial charge in [0, 0.05) is 18.8 Å². The van der Waals surface area contributed by atoms with Crippen LogP contribution in [-0.4, -0.2) is 59.7 Å². The van der Waals surface area contributed by atoms with Gasteiger partial charge in [-0.3, -0.25) is 9.80 Å². The zero-order valence-electron chi connectivity index (χ0n) is 17.3. The van der Waals surface area contributed by atoms with E-state index in [9.17, 15) is 18.0 Å². The van der Waals surface area contributed by atoms with Crippen LogP contribution in [0.4, 0.5) is 23.7 Å². The van der Waals surface area contributed by atoms with E-state index < -0.39 is 29.5 Å². The summed E-state index contributed by atoms with van der Waals surface area (Å²) in [5.74, 6) is -3.35. The van der Waals surface area contributed by atoms with Gasteiger partial charge in [-0.2, -0.15) is 4.99 Å². The van der Waals surface area contributed by atoms with Gasteiger partial charge in [0.05, 0.1) is 19.2 Å². The number of aliphatic imine (C=N–C) groups is 2. The highest BCUT2D eigenvalue weighted by atomic mass is 19.2. The molecule has 0 bridgehead atoms. The molecule has 2 heterocycles. The molecule has 0 spiro atoms. The number of anilines is 1. The van der Waals surface area contributed by atoms with Crippen LogP contribution in [0.3, 0.4) is 0 Å². The highest BCUT2D eigenvalue weighted by molar-refractivity contribution is 6.17. The average Bonchev–Trinajstić information content (AvgIpc) is 3.21.